The van der Waals surface area contributed by atoms with Crippen molar-refractivity contribution in [1.29, 1.82) is 5.41 Å². The van der Waals surface area contributed by atoms with Crippen LogP contribution in [0.3, 0.4) is 0 Å². The minimum Gasteiger partial charge on any atom is -0.464 e. The van der Waals surface area contributed by atoms with Crippen LogP contribution in [-0.4, -0.2) is 23.9 Å². The molecule has 13 heavy (non-hydrogen) atoms. The first-order chi connectivity index (χ1) is 6.06. The average Bonchev–Trinajstić information content (AvgIpc) is 2.46. The Morgan fingerprint density at radius 1 is 1.69 bits per heavy atom. The molecule has 5 nitrogen and oxygen atoms in total. The van der Waals surface area contributed by atoms with Crippen LogP contribution in [0.1, 0.15) is 21.7 Å². The third-order valence-electron chi connectivity index (χ3n) is 1.69. The van der Waals surface area contributed by atoms with E-state index in [4.69, 9.17) is 11.1 Å². The van der Waals surface area contributed by atoms with Crippen molar-refractivity contribution >= 4 is 11.8 Å². The fraction of sp³-hybridized carbons (Fsp3) is 0.250. The Labute approximate surface area is 75.4 Å². The van der Waals surface area contributed by atoms with Gasteiger partial charge >= 0.3 is 5.97 Å². The maximum Gasteiger partial charge on any atom is 0.354 e. The van der Waals surface area contributed by atoms with Crippen molar-refractivity contribution in [2.45, 2.75) is 6.92 Å². The molecule has 1 rings (SSSR count). The van der Waals surface area contributed by atoms with Gasteiger partial charge in [0, 0.05) is 0 Å². The van der Waals surface area contributed by atoms with E-state index in [-0.39, 0.29) is 5.84 Å². The molecule has 0 atom stereocenters. The van der Waals surface area contributed by atoms with E-state index >= 15 is 0 Å². The van der Waals surface area contributed by atoms with Gasteiger partial charge in [-0.15, -0.1) is 0 Å². The predicted molar refractivity (Wildman–Crippen MR) is 47.9 cm³/mol. The van der Waals surface area contributed by atoms with Crippen molar-refractivity contribution in [3.05, 3.63) is 23.0 Å². The number of nitrogens with two attached hydrogens (primary N) is 1. The Bertz CT molecular complexity index is 354. The first-order valence-corrected chi connectivity index (χ1v) is 3.68. The number of nitrogens with one attached hydrogen (secondary N) is 2. The van der Waals surface area contributed by atoms with E-state index < -0.39 is 5.97 Å². The number of aryl methyl sites for hydroxylation is 1. The minimum absolute atomic E-state index is 0.0901. The molecule has 5 heteroatoms. The Morgan fingerprint density at radius 2 is 2.31 bits per heavy atom. The van der Waals surface area contributed by atoms with Gasteiger partial charge in [-0.3, -0.25) is 5.41 Å². The van der Waals surface area contributed by atoms with Crippen LogP contribution in [0.5, 0.6) is 0 Å². The van der Waals surface area contributed by atoms with E-state index in [1.54, 1.807) is 13.0 Å². The number of H-pyrrole nitrogens is 1. The molecule has 1 aromatic heterocycles. The molecular weight excluding hydrogens is 170 g/mol. The lowest BCUT2D eigenvalue weighted by atomic mass is 10.2. The second-order valence-corrected chi connectivity index (χ2v) is 2.65. The van der Waals surface area contributed by atoms with E-state index in [1.165, 1.54) is 7.11 Å². The van der Waals surface area contributed by atoms with Crippen molar-refractivity contribution < 1.29 is 9.53 Å². The summed E-state index contributed by atoms with van der Waals surface area (Å²) in [6.45, 7) is 1.76. The van der Waals surface area contributed by atoms with Gasteiger partial charge in [0.1, 0.15) is 11.5 Å². The highest BCUT2D eigenvalue weighted by Crippen LogP contribution is 2.09. The Hall–Kier alpha value is -1.78. The molecule has 0 fully saturated rings. The number of carbonyl (C=O) groups excluding carboxylic acids is 1. The number of carbonyl (C=O) groups is 1. The van der Waals surface area contributed by atoms with Crippen LogP contribution < -0.4 is 5.73 Å². The normalized spacial score (nSPS) is 9.69. The van der Waals surface area contributed by atoms with Gasteiger partial charge in [0.2, 0.25) is 0 Å². The number of hydrogen-bond donors (Lipinski definition) is 3. The standard InChI is InChI=1S/C8H11N3O2/c1-4-3-5(8(12)13-2)11-6(4)7(9)10/h3,11H,1-2H3,(H3,9,10). The summed E-state index contributed by atoms with van der Waals surface area (Å²) in [6, 6.07) is 1.60. The summed E-state index contributed by atoms with van der Waals surface area (Å²) in [6.07, 6.45) is 0. The molecule has 4 N–H and O–H groups in total. The lowest BCUT2D eigenvalue weighted by Crippen LogP contribution is -2.13. The SMILES string of the molecule is COC(=O)c1cc(C)c(C(=N)N)[nH]1. The zero-order valence-corrected chi connectivity index (χ0v) is 7.47. The Morgan fingerprint density at radius 3 is 2.69 bits per heavy atom. The quantitative estimate of drug-likeness (QED) is 0.350. The topological polar surface area (TPSA) is 92.0 Å². The van der Waals surface area contributed by atoms with E-state index in [0.717, 1.165) is 5.56 Å². The molecule has 0 amide bonds. The van der Waals surface area contributed by atoms with Crippen molar-refractivity contribution in [3.63, 3.8) is 0 Å². The van der Waals surface area contributed by atoms with E-state index in [9.17, 15) is 4.79 Å². The van der Waals surface area contributed by atoms with Gasteiger partial charge in [0.15, 0.2) is 0 Å². The van der Waals surface area contributed by atoms with Crippen molar-refractivity contribution in [2.75, 3.05) is 7.11 Å². The zero-order chi connectivity index (χ0) is 10.0. The fourth-order valence-corrected chi connectivity index (χ4v) is 1.06. The summed E-state index contributed by atoms with van der Waals surface area (Å²) in [4.78, 5) is 13.7. The summed E-state index contributed by atoms with van der Waals surface area (Å²) in [7, 11) is 1.30. The van der Waals surface area contributed by atoms with Crippen LogP contribution in [-0.2, 0) is 4.74 Å². The van der Waals surface area contributed by atoms with Crippen molar-refractivity contribution in [2.24, 2.45) is 5.73 Å². The molecule has 1 aromatic rings. The van der Waals surface area contributed by atoms with Crippen LogP contribution in [0.2, 0.25) is 0 Å². The summed E-state index contributed by atoms with van der Waals surface area (Å²) < 4.78 is 4.50. The van der Waals surface area contributed by atoms with Gasteiger partial charge in [-0.25, -0.2) is 4.79 Å². The molecule has 0 aliphatic heterocycles. The molecule has 1 heterocycles. The first kappa shape index (κ1) is 9.31. The van der Waals surface area contributed by atoms with E-state index in [2.05, 4.69) is 9.72 Å². The molecule has 0 aliphatic carbocycles. The van der Waals surface area contributed by atoms with Crippen LogP contribution in [0.4, 0.5) is 0 Å². The van der Waals surface area contributed by atoms with Gasteiger partial charge in [-0.1, -0.05) is 0 Å². The summed E-state index contributed by atoms with van der Waals surface area (Å²) in [5.41, 5.74) is 6.80. The largest absolute Gasteiger partial charge is 0.464 e. The molecule has 0 saturated heterocycles. The molecule has 0 spiro atoms. The summed E-state index contributed by atoms with van der Waals surface area (Å²) >= 11 is 0. The number of rotatable bonds is 2. The average molecular weight is 181 g/mol. The zero-order valence-electron chi connectivity index (χ0n) is 7.47. The lowest BCUT2D eigenvalue weighted by molar-refractivity contribution is 0.0595. The lowest BCUT2D eigenvalue weighted by Gasteiger charge is -1.95. The highest BCUT2D eigenvalue weighted by atomic mass is 16.5. The second-order valence-electron chi connectivity index (χ2n) is 2.65. The molecule has 0 aliphatic rings. The molecule has 0 aromatic carbocycles. The molecule has 0 bridgehead atoms. The molecule has 0 radical (unpaired) electrons. The van der Waals surface area contributed by atoms with Crippen molar-refractivity contribution in [1.82, 2.24) is 4.98 Å². The number of aromatic nitrogens is 1. The Kier molecular flexibility index (Phi) is 2.36. The maximum absolute atomic E-state index is 11.0. The predicted octanol–water partition coefficient (Wildman–Crippen LogP) is 0.394. The van der Waals surface area contributed by atoms with Crippen LogP contribution in [0, 0.1) is 12.3 Å². The van der Waals surface area contributed by atoms with Gasteiger partial charge in [-0.05, 0) is 18.6 Å². The van der Waals surface area contributed by atoms with Gasteiger partial charge in [-0.2, -0.15) is 0 Å². The number of nitrogen functional groups attached to an aromatic ring is 1. The van der Waals surface area contributed by atoms with Crippen LogP contribution in [0.15, 0.2) is 6.07 Å². The number of amidine groups is 1. The smallest absolute Gasteiger partial charge is 0.354 e. The van der Waals surface area contributed by atoms with Crippen LogP contribution in [0.25, 0.3) is 0 Å². The summed E-state index contributed by atoms with van der Waals surface area (Å²) in [5.74, 6) is -0.553. The van der Waals surface area contributed by atoms with E-state index in [1.807, 2.05) is 0 Å². The second kappa shape index (κ2) is 3.30. The highest BCUT2D eigenvalue weighted by molar-refractivity contribution is 5.97. The first-order valence-electron chi connectivity index (χ1n) is 3.68. The highest BCUT2D eigenvalue weighted by Gasteiger charge is 2.12. The monoisotopic (exact) mass is 181 g/mol. The third-order valence-corrected chi connectivity index (χ3v) is 1.69. The fourth-order valence-electron chi connectivity index (χ4n) is 1.06. The van der Waals surface area contributed by atoms with Crippen molar-refractivity contribution in [3.8, 4) is 0 Å². The maximum atomic E-state index is 11.0. The number of methoxy groups -OCH3 is 1. The van der Waals surface area contributed by atoms with Gasteiger partial charge in [0.05, 0.1) is 12.8 Å². The minimum atomic E-state index is -0.462. The van der Waals surface area contributed by atoms with Gasteiger partial charge < -0.3 is 15.5 Å². The molecular formula is C8H11N3O2. The van der Waals surface area contributed by atoms with Crippen LogP contribution >= 0.6 is 0 Å². The molecule has 0 saturated carbocycles. The van der Waals surface area contributed by atoms with E-state index in [0.29, 0.717) is 11.4 Å². The molecule has 0 unspecified atom stereocenters. The Balaban J connectivity index is 3.09. The summed E-state index contributed by atoms with van der Waals surface area (Å²) in [5, 5.41) is 7.18. The van der Waals surface area contributed by atoms with Gasteiger partial charge in [0.25, 0.3) is 0 Å². The number of hydrogen-bond acceptors (Lipinski definition) is 3. The third kappa shape index (κ3) is 1.69. The number of aromatic amines is 1. The molecule has 70 valence electrons. The number of esters is 1. The number of ether oxygens (including phenoxy) is 1.